The van der Waals surface area contributed by atoms with Crippen LogP contribution < -0.4 is 5.73 Å². The van der Waals surface area contributed by atoms with E-state index in [1.807, 2.05) is 23.1 Å². The molecular weight excluding hydrogens is 392 g/mol. The Kier molecular flexibility index (Phi) is 7.33. The van der Waals surface area contributed by atoms with Gasteiger partial charge in [0.05, 0.1) is 13.2 Å². The zero-order valence-corrected chi connectivity index (χ0v) is 18.4. The van der Waals surface area contributed by atoms with Crippen molar-refractivity contribution < 1.29 is 19.4 Å². The van der Waals surface area contributed by atoms with Crippen LogP contribution in [0, 0.1) is 0 Å². The highest BCUT2D eigenvalue weighted by Crippen LogP contribution is 2.37. The Labute approximate surface area is 184 Å². The summed E-state index contributed by atoms with van der Waals surface area (Å²) in [7, 11) is 0. The molecule has 1 saturated heterocycles. The first-order chi connectivity index (χ1) is 14.8. The average Bonchev–Trinajstić information content (AvgIpc) is 2.77. The number of phenols is 1. The predicted octanol–water partition coefficient (Wildman–Crippen LogP) is 3.85. The molecule has 0 aliphatic carbocycles. The van der Waals surface area contributed by atoms with Gasteiger partial charge in [0.15, 0.2) is 0 Å². The fourth-order valence-electron chi connectivity index (χ4n) is 4.07. The van der Waals surface area contributed by atoms with E-state index < -0.39 is 5.91 Å². The van der Waals surface area contributed by atoms with E-state index in [-0.39, 0.29) is 17.1 Å². The van der Waals surface area contributed by atoms with Crippen molar-refractivity contribution in [3.63, 3.8) is 0 Å². The standard InChI is InChI=1S/C25H32N2O4/c1-25(2,12-6-5-9-23(29)27-13-15-31-16-14-27)18-10-11-20(22(28)17-18)19-7-3-4-8-21(19)24(26)30/h3-4,7-8,10-11,17,28H,5-6,9,12-16H2,1-2H3,(H2,26,30). The summed E-state index contributed by atoms with van der Waals surface area (Å²) in [5.41, 5.74) is 7.95. The molecule has 1 fully saturated rings. The van der Waals surface area contributed by atoms with Gasteiger partial charge in [0.1, 0.15) is 5.75 Å². The molecule has 6 nitrogen and oxygen atoms in total. The van der Waals surface area contributed by atoms with E-state index in [1.165, 1.54) is 0 Å². The predicted molar refractivity (Wildman–Crippen MR) is 121 cm³/mol. The monoisotopic (exact) mass is 424 g/mol. The van der Waals surface area contributed by atoms with Crippen LogP contribution in [0.5, 0.6) is 5.75 Å². The number of nitrogens with zero attached hydrogens (tertiary/aromatic N) is 1. The van der Waals surface area contributed by atoms with Crippen LogP contribution >= 0.6 is 0 Å². The molecule has 166 valence electrons. The molecule has 1 aliphatic rings. The topological polar surface area (TPSA) is 92.9 Å². The van der Waals surface area contributed by atoms with Gasteiger partial charge < -0.3 is 20.5 Å². The first-order valence-electron chi connectivity index (χ1n) is 10.9. The molecule has 2 amide bonds. The van der Waals surface area contributed by atoms with Gasteiger partial charge in [0, 0.05) is 30.6 Å². The highest BCUT2D eigenvalue weighted by Gasteiger charge is 2.23. The molecule has 2 aromatic carbocycles. The van der Waals surface area contributed by atoms with Crippen molar-refractivity contribution in [3.05, 3.63) is 53.6 Å². The molecule has 31 heavy (non-hydrogen) atoms. The van der Waals surface area contributed by atoms with Gasteiger partial charge in [0.2, 0.25) is 11.8 Å². The number of carbonyl (C=O) groups excluding carboxylic acids is 2. The van der Waals surface area contributed by atoms with Gasteiger partial charge >= 0.3 is 0 Å². The number of hydrogen-bond acceptors (Lipinski definition) is 4. The summed E-state index contributed by atoms with van der Waals surface area (Å²) in [5.74, 6) is -0.191. The summed E-state index contributed by atoms with van der Waals surface area (Å²) in [6.45, 7) is 6.92. The first-order valence-corrected chi connectivity index (χ1v) is 10.9. The second kappa shape index (κ2) is 9.96. The number of morpholine rings is 1. The summed E-state index contributed by atoms with van der Waals surface area (Å²) in [6.07, 6.45) is 3.23. The minimum atomic E-state index is -0.522. The molecule has 1 heterocycles. The second-order valence-electron chi connectivity index (χ2n) is 8.73. The van der Waals surface area contributed by atoms with E-state index in [0.29, 0.717) is 49.4 Å². The molecule has 6 heteroatoms. The van der Waals surface area contributed by atoms with Crippen molar-refractivity contribution >= 4 is 11.8 Å². The highest BCUT2D eigenvalue weighted by atomic mass is 16.5. The molecule has 0 unspecified atom stereocenters. The number of rotatable bonds is 8. The molecule has 0 aromatic heterocycles. The molecule has 0 radical (unpaired) electrons. The fraction of sp³-hybridized carbons (Fsp3) is 0.440. The van der Waals surface area contributed by atoms with Crippen molar-refractivity contribution in [2.45, 2.75) is 44.9 Å². The lowest BCUT2D eigenvalue weighted by molar-refractivity contribution is -0.135. The number of benzene rings is 2. The summed E-state index contributed by atoms with van der Waals surface area (Å²) >= 11 is 0. The van der Waals surface area contributed by atoms with Crippen molar-refractivity contribution in [2.75, 3.05) is 26.3 Å². The van der Waals surface area contributed by atoms with Gasteiger partial charge in [-0.1, -0.05) is 50.6 Å². The number of phenolic OH excluding ortho intramolecular Hbond substituents is 1. The number of nitrogens with two attached hydrogens (primary N) is 1. The van der Waals surface area contributed by atoms with E-state index in [4.69, 9.17) is 10.5 Å². The van der Waals surface area contributed by atoms with Crippen molar-refractivity contribution in [3.8, 4) is 16.9 Å². The fourth-order valence-corrected chi connectivity index (χ4v) is 4.07. The number of amides is 2. The maximum atomic E-state index is 12.3. The minimum absolute atomic E-state index is 0.127. The molecule has 2 aromatic rings. The normalized spacial score (nSPS) is 14.5. The Morgan fingerprint density at radius 2 is 1.77 bits per heavy atom. The maximum Gasteiger partial charge on any atom is 0.249 e. The lowest BCUT2D eigenvalue weighted by Crippen LogP contribution is -2.40. The van der Waals surface area contributed by atoms with E-state index in [1.54, 1.807) is 24.3 Å². The van der Waals surface area contributed by atoms with Crippen LogP contribution in [0.1, 0.15) is 55.5 Å². The van der Waals surface area contributed by atoms with Crippen LogP contribution in [0.3, 0.4) is 0 Å². The van der Waals surface area contributed by atoms with Crippen LogP contribution in [0.2, 0.25) is 0 Å². The van der Waals surface area contributed by atoms with Crippen LogP contribution in [-0.4, -0.2) is 48.1 Å². The summed E-state index contributed by atoms with van der Waals surface area (Å²) in [4.78, 5) is 25.9. The smallest absolute Gasteiger partial charge is 0.249 e. The number of aromatic hydroxyl groups is 1. The molecule has 3 rings (SSSR count). The molecular formula is C25H32N2O4. The van der Waals surface area contributed by atoms with Gasteiger partial charge in [-0.3, -0.25) is 9.59 Å². The number of carbonyl (C=O) groups is 2. The van der Waals surface area contributed by atoms with Crippen molar-refractivity contribution in [2.24, 2.45) is 5.73 Å². The number of hydrogen-bond donors (Lipinski definition) is 2. The lowest BCUT2D eigenvalue weighted by atomic mass is 9.79. The van der Waals surface area contributed by atoms with Crippen LogP contribution in [0.4, 0.5) is 0 Å². The van der Waals surface area contributed by atoms with Crippen LogP contribution in [0.25, 0.3) is 11.1 Å². The summed E-state index contributed by atoms with van der Waals surface area (Å²) < 4.78 is 5.30. The second-order valence-corrected chi connectivity index (χ2v) is 8.73. The van der Waals surface area contributed by atoms with E-state index in [2.05, 4.69) is 13.8 Å². The van der Waals surface area contributed by atoms with E-state index in [0.717, 1.165) is 24.8 Å². The Morgan fingerprint density at radius 1 is 1.06 bits per heavy atom. The third kappa shape index (κ3) is 5.64. The zero-order valence-electron chi connectivity index (χ0n) is 18.4. The molecule has 0 atom stereocenters. The molecule has 3 N–H and O–H groups in total. The SMILES string of the molecule is CC(C)(CCCCC(=O)N1CCOCC1)c1ccc(-c2ccccc2C(N)=O)c(O)c1. The lowest BCUT2D eigenvalue weighted by Gasteiger charge is -2.28. The van der Waals surface area contributed by atoms with Gasteiger partial charge in [-0.25, -0.2) is 0 Å². The Hall–Kier alpha value is -2.86. The van der Waals surface area contributed by atoms with E-state index in [9.17, 15) is 14.7 Å². The van der Waals surface area contributed by atoms with Gasteiger partial charge in [-0.15, -0.1) is 0 Å². The third-order valence-electron chi connectivity index (χ3n) is 6.07. The Bertz CT molecular complexity index is 933. The Morgan fingerprint density at radius 3 is 2.45 bits per heavy atom. The van der Waals surface area contributed by atoms with Gasteiger partial charge in [-0.2, -0.15) is 0 Å². The van der Waals surface area contributed by atoms with Crippen molar-refractivity contribution in [1.82, 2.24) is 4.90 Å². The zero-order chi connectivity index (χ0) is 22.4. The van der Waals surface area contributed by atoms with Crippen LogP contribution in [0.15, 0.2) is 42.5 Å². The molecule has 0 bridgehead atoms. The van der Waals surface area contributed by atoms with Crippen molar-refractivity contribution in [1.29, 1.82) is 0 Å². The van der Waals surface area contributed by atoms with Gasteiger partial charge in [-0.05, 0) is 41.5 Å². The largest absolute Gasteiger partial charge is 0.507 e. The summed E-state index contributed by atoms with van der Waals surface area (Å²) in [6, 6.07) is 12.6. The molecule has 0 spiro atoms. The van der Waals surface area contributed by atoms with Crippen LogP contribution in [-0.2, 0) is 14.9 Å². The third-order valence-corrected chi connectivity index (χ3v) is 6.07. The molecule has 0 saturated carbocycles. The highest BCUT2D eigenvalue weighted by molar-refractivity contribution is 6.00. The number of primary amides is 1. The quantitative estimate of drug-likeness (QED) is 0.630. The minimum Gasteiger partial charge on any atom is -0.507 e. The number of unbranched alkanes of at least 4 members (excludes halogenated alkanes) is 1. The van der Waals surface area contributed by atoms with E-state index >= 15 is 0 Å². The first kappa shape index (κ1) is 22.8. The average molecular weight is 425 g/mol. The molecule has 1 aliphatic heterocycles. The summed E-state index contributed by atoms with van der Waals surface area (Å²) in [5, 5.41) is 10.7. The number of ether oxygens (including phenoxy) is 1. The Balaban J connectivity index is 1.62. The van der Waals surface area contributed by atoms with Gasteiger partial charge in [0.25, 0.3) is 0 Å². The maximum absolute atomic E-state index is 12.3.